The summed E-state index contributed by atoms with van der Waals surface area (Å²) in [6, 6.07) is 1.69. The van der Waals surface area contributed by atoms with Crippen LogP contribution in [-0.4, -0.2) is 42.0 Å². The maximum atomic E-state index is 12.2. The van der Waals surface area contributed by atoms with E-state index in [4.69, 9.17) is 9.26 Å². The number of nitrogens with one attached hydrogen (secondary N) is 1. The van der Waals surface area contributed by atoms with Crippen LogP contribution in [0.3, 0.4) is 0 Å². The van der Waals surface area contributed by atoms with Gasteiger partial charge in [-0.05, 0) is 25.7 Å². The van der Waals surface area contributed by atoms with Crippen LogP contribution in [0.5, 0.6) is 0 Å². The first-order chi connectivity index (χ1) is 11.0. The predicted octanol–water partition coefficient (Wildman–Crippen LogP) is 2.10. The Morgan fingerprint density at radius 2 is 2.17 bits per heavy atom. The number of hydrogen-bond acceptors (Lipinski definition) is 5. The lowest BCUT2D eigenvalue weighted by atomic mass is 9.76. The van der Waals surface area contributed by atoms with Gasteiger partial charge in [-0.1, -0.05) is 19.0 Å². The van der Waals surface area contributed by atoms with E-state index in [1.807, 2.05) is 13.8 Å². The smallest absolute Gasteiger partial charge is 0.273 e. The lowest BCUT2D eigenvalue weighted by Gasteiger charge is -2.37. The molecule has 1 aromatic heterocycles. The van der Waals surface area contributed by atoms with Crippen LogP contribution in [0.2, 0.25) is 0 Å². The SMILES string of the molecule is CC(C)c1cc(C(=O)NC[C@@H]2CCC3(CCOCC3)[C@@H]2O)no1. The van der Waals surface area contributed by atoms with Crippen molar-refractivity contribution >= 4 is 5.91 Å². The third kappa shape index (κ3) is 3.28. The van der Waals surface area contributed by atoms with E-state index in [1.165, 1.54) is 0 Å². The van der Waals surface area contributed by atoms with Crippen molar-refractivity contribution in [2.45, 2.75) is 51.6 Å². The molecule has 128 valence electrons. The molecule has 23 heavy (non-hydrogen) atoms. The molecular weight excluding hydrogens is 296 g/mol. The van der Waals surface area contributed by atoms with E-state index in [2.05, 4.69) is 10.5 Å². The van der Waals surface area contributed by atoms with Gasteiger partial charge in [0.2, 0.25) is 0 Å². The summed E-state index contributed by atoms with van der Waals surface area (Å²) in [5.74, 6) is 0.778. The van der Waals surface area contributed by atoms with Crippen LogP contribution in [0.1, 0.15) is 61.7 Å². The molecule has 6 heteroatoms. The number of hydrogen-bond donors (Lipinski definition) is 2. The van der Waals surface area contributed by atoms with Gasteiger partial charge in [-0.15, -0.1) is 0 Å². The molecule has 2 N–H and O–H groups in total. The zero-order chi connectivity index (χ0) is 16.4. The van der Waals surface area contributed by atoms with Crippen LogP contribution < -0.4 is 5.32 Å². The van der Waals surface area contributed by atoms with Crippen LogP contribution >= 0.6 is 0 Å². The van der Waals surface area contributed by atoms with E-state index in [-0.39, 0.29) is 29.3 Å². The summed E-state index contributed by atoms with van der Waals surface area (Å²) < 4.78 is 10.6. The van der Waals surface area contributed by atoms with Gasteiger partial charge in [-0.25, -0.2) is 0 Å². The van der Waals surface area contributed by atoms with Crippen LogP contribution in [-0.2, 0) is 4.74 Å². The fourth-order valence-corrected chi connectivity index (χ4v) is 3.80. The molecule has 1 aromatic rings. The molecule has 1 saturated heterocycles. The van der Waals surface area contributed by atoms with Crippen molar-refractivity contribution in [1.82, 2.24) is 10.5 Å². The molecule has 1 spiro atoms. The van der Waals surface area contributed by atoms with Crippen molar-refractivity contribution in [2.24, 2.45) is 11.3 Å². The molecule has 6 nitrogen and oxygen atoms in total. The van der Waals surface area contributed by atoms with Gasteiger partial charge in [0.15, 0.2) is 5.69 Å². The Hall–Kier alpha value is -1.40. The minimum absolute atomic E-state index is 0.00759. The highest BCUT2D eigenvalue weighted by molar-refractivity contribution is 5.92. The van der Waals surface area contributed by atoms with Gasteiger partial charge in [-0.2, -0.15) is 0 Å². The fourth-order valence-electron chi connectivity index (χ4n) is 3.80. The Morgan fingerprint density at radius 3 is 2.83 bits per heavy atom. The standard InChI is InChI=1S/C17H26N2O4/c1-11(2)14-9-13(19-23-14)16(21)18-10-12-3-4-17(15(12)20)5-7-22-8-6-17/h9,11-12,15,20H,3-8,10H2,1-2H3,(H,18,21)/t12-,15+/m0/s1. The average molecular weight is 322 g/mol. The Kier molecular flexibility index (Phi) is 4.73. The zero-order valence-corrected chi connectivity index (χ0v) is 13.9. The molecular formula is C17H26N2O4. The molecule has 1 amide bonds. The van der Waals surface area contributed by atoms with E-state index in [0.29, 0.717) is 18.0 Å². The summed E-state index contributed by atoms with van der Waals surface area (Å²) in [4.78, 5) is 12.2. The number of aliphatic hydroxyl groups is 1. The largest absolute Gasteiger partial charge is 0.392 e. The van der Waals surface area contributed by atoms with E-state index in [1.54, 1.807) is 6.07 Å². The lowest BCUT2D eigenvalue weighted by Crippen LogP contribution is -2.41. The first kappa shape index (κ1) is 16.5. The summed E-state index contributed by atoms with van der Waals surface area (Å²) in [6.45, 7) is 5.92. The number of aromatic nitrogens is 1. The Labute approximate surface area is 136 Å². The molecule has 1 aliphatic heterocycles. The number of ether oxygens (including phenoxy) is 1. The molecule has 2 atom stereocenters. The van der Waals surface area contributed by atoms with Crippen molar-refractivity contribution in [3.8, 4) is 0 Å². The average Bonchev–Trinajstić information content (AvgIpc) is 3.14. The Morgan fingerprint density at radius 1 is 1.43 bits per heavy atom. The van der Waals surface area contributed by atoms with Crippen LogP contribution in [0.4, 0.5) is 0 Å². The van der Waals surface area contributed by atoms with Crippen LogP contribution in [0, 0.1) is 11.3 Å². The second-order valence-electron chi connectivity index (χ2n) is 7.20. The number of rotatable bonds is 4. The first-order valence-corrected chi connectivity index (χ1v) is 8.52. The van der Waals surface area contributed by atoms with E-state index >= 15 is 0 Å². The van der Waals surface area contributed by atoms with Crippen molar-refractivity contribution in [3.05, 3.63) is 17.5 Å². The number of nitrogens with zero attached hydrogens (tertiary/aromatic N) is 1. The maximum absolute atomic E-state index is 12.2. The van der Waals surface area contributed by atoms with Gasteiger partial charge in [0.25, 0.3) is 5.91 Å². The summed E-state index contributed by atoms with van der Waals surface area (Å²) in [6.07, 6.45) is 3.42. The molecule has 1 aliphatic carbocycles. The number of amides is 1. The maximum Gasteiger partial charge on any atom is 0.273 e. The van der Waals surface area contributed by atoms with Gasteiger partial charge in [-0.3, -0.25) is 4.79 Å². The topological polar surface area (TPSA) is 84.6 Å². The van der Waals surface area contributed by atoms with Gasteiger partial charge < -0.3 is 19.7 Å². The van der Waals surface area contributed by atoms with Crippen LogP contribution in [0.15, 0.2) is 10.6 Å². The molecule has 0 radical (unpaired) electrons. The third-order valence-electron chi connectivity index (χ3n) is 5.43. The van der Waals surface area contributed by atoms with E-state index in [0.717, 1.165) is 38.9 Å². The summed E-state index contributed by atoms with van der Waals surface area (Å²) >= 11 is 0. The monoisotopic (exact) mass is 322 g/mol. The highest BCUT2D eigenvalue weighted by Crippen LogP contribution is 2.48. The van der Waals surface area contributed by atoms with E-state index < -0.39 is 0 Å². The molecule has 1 saturated carbocycles. The molecule has 0 bridgehead atoms. The highest BCUT2D eigenvalue weighted by atomic mass is 16.5. The van der Waals surface area contributed by atoms with Crippen LogP contribution in [0.25, 0.3) is 0 Å². The van der Waals surface area contributed by atoms with E-state index in [9.17, 15) is 9.90 Å². The Bertz CT molecular complexity index is 549. The predicted molar refractivity (Wildman–Crippen MR) is 84.1 cm³/mol. The van der Waals surface area contributed by atoms with Crippen molar-refractivity contribution in [1.29, 1.82) is 0 Å². The highest BCUT2D eigenvalue weighted by Gasteiger charge is 2.48. The quantitative estimate of drug-likeness (QED) is 0.887. The number of carbonyl (C=O) groups is 1. The molecule has 0 unspecified atom stereocenters. The summed E-state index contributed by atoms with van der Waals surface area (Å²) in [7, 11) is 0. The van der Waals surface area contributed by atoms with Crippen molar-refractivity contribution in [3.63, 3.8) is 0 Å². The first-order valence-electron chi connectivity index (χ1n) is 8.52. The molecule has 3 rings (SSSR count). The molecule has 0 aromatic carbocycles. The minimum Gasteiger partial charge on any atom is -0.392 e. The lowest BCUT2D eigenvalue weighted by molar-refractivity contribution is -0.0555. The zero-order valence-electron chi connectivity index (χ0n) is 13.9. The van der Waals surface area contributed by atoms with Gasteiger partial charge >= 0.3 is 0 Å². The minimum atomic E-state index is -0.366. The summed E-state index contributed by atoms with van der Waals surface area (Å²) in [5, 5.41) is 17.4. The second-order valence-corrected chi connectivity index (χ2v) is 7.20. The molecule has 2 heterocycles. The Balaban J connectivity index is 1.55. The number of carbonyl (C=O) groups excluding carboxylic acids is 1. The fraction of sp³-hybridized carbons (Fsp3) is 0.765. The summed E-state index contributed by atoms with van der Waals surface area (Å²) in [5.41, 5.74) is 0.300. The third-order valence-corrected chi connectivity index (χ3v) is 5.43. The number of aliphatic hydroxyl groups excluding tert-OH is 1. The van der Waals surface area contributed by atoms with Gasteiger partial charge in [0.1, 0.15) is 5.76 Å². The normalized spacial score (nSPS) is 26.8. The molecule has 2 fully saturated rings. The molecule has 2 aliphatic rings. The van der Waals surface area contributed by atoms with Crippen molar-refractivity contribution < 1.29 is 19.2 Å². The second kappa shape index (κ2) is 6.61. The van der Waals surface area contributed by atoms with Gasteiger partial charge in [0.05, 0.1) is 6.10 Å². The van der Waals surface area contributed by atoms with Gasteiger partial charge in [0, 0.05) is 43.1 Å². The van der Waals surface area contributed by atoms with Crippen molar-refractivity contribution in [2.75, 3.05) is 19.8 Å².